The molecule has 0 amide bonds. The first kappa shape index (κ1) is 18.7. The van der Waals surface area contributed by atoms with Crippen LogP contribution in [0.4, 0.5) is 0 Å². The van der Waals surface area contributed by atoms with E-state index in [1.165, 1.54) is 0 Å². The van der Waals surface area contributed by atoms with Crippen LogP contribution in [0.15, 0.2) is 12.2 Å². The fourth-order valence-corrected chi connectivity index (χ4v) is 0.246. The van der Waals surface area contributed by atoms with Gasteiger partial charge in [0.05, 0.1) is 5.97 Å². The van der Waals surface area contributed by atoms with Crippen molar-refractivity contribution in [3.63, 3.8) is 0 Å². The van der Waals surface area contributed by atoms with E-state index in [2.05, 4.69) is 6.58 Å². The quantitative estimate of drug-likeness (QED) is 0.339. The summed E-state index contributed by atoms with van der Waals surface area (Å²) < 4.78 is 0. The van der Waals surface area contributed by atoms with Crippen molar-refractivity contribution in [2.45, 2.75) is 6.42 Å². The Morgan fingerprint density at radius 1 is 1.18 bits per heavy atom. The van der Waals surface area contributed by atoms with Crippen LogP contribution in [0.25, 0.3) is 0 Å². The van der Waals surface area contributed by atoms with Crippen molar-refractivity contribution in [1.29, 1.82) is 0 Å². The van der Waals surface area contributed by atoms with Crippen LogP contribution >= 0.6 is 0 Å². The molecular formula is C5H4K2O4. The predicted molar refractivity (Wildman–Crippen MR) is 23.8 cm³/mol. The van der Waals surface area contributed by atoms with Gasteiger partial charge in [-0.2, -0.15) is 0 Å². The van der Waals surface area contributed by atoms with E-state index in [1.807, 2.05) is 0 Å². The van der Waals surface area contributed by atoms with E-state index in [4.69, 9.17) is 0 Å². The number of aliphatic carboxylic acids is 2. The monoisotopic (exact) mass is 206 g/mol. The maximum atomic E-state index is 9.73. The molecule has 4 nitrogen and oxygen atoms in total. The Hall–Kier alpha value is 1.95. The van der Waals surface area contributed by atoms with Gasteiger partial charge in [0, 0.05) is 12.4 Å². The first-order valence-corrected chi connectivity index (χ1v) is 2.13. The molecule has 0 aliphatic heterocycles. The van der Waals surface area contributed by atoms with Gasteiger partial charge >= 0.3 is 103 Å². The average Bonchev–Trinajstić information content (AvgIpc) is 1.63. The largest absolute Gasteiger partial charge is 1.00 e. The minimum Gasteiger partial charge on any atom is -0.550 e. The van der Waals surface area contributed by atoms with E-state index in [0.29, 0.717) is 0 Å². The first-order chi connectivity index (χ1) is 4.04. The summed E-state index contributed by atoms with van der Waals surface area (Å²) in [5.41, 5.74) is -0.477. The van der Waals surface area contributed by atoms with Crippen molar-refractivity contribution >= 4 is 11.9 Å². The standard InChI is InChI=1S/C5H6O4.2K/c1-3(5(8)9)2-4(6)7;;/h1-2H2,(H,6,7)(H,8,9);;/q;2*+1/p-2. The van der Waals surface area contributed by atoms with Gasteiger partial charge in [-0.3, -0.25) is 0 Å². The zero-order valence-corrected chi connectivity index (χ0v) is 12.8. The minimum atomic E-state index is -1.56. The Labute approximate surface area is 149 Å². The van der Waals surface area contributed by atoms with E-state index < -0.39 is 23.9 Å². The Bertz CT molecular complexity index is 166. The van der Waals surface area contributed by atoms with Crippen molar-refractivity contribution in [3.05, 3.63) is 12.2 Å². The van der Waals surface area contributed by atoms with Crippen molar-refractivity contribution in [2.24, 2.45) is 0 Å². The molecule has 0 saturated carbocycles. The molecule has 6 heteroatoms. The van der Waals surface area contributed by atoms with Crippen molar-refractivity contribution in [2.75, 3.05) is 0 Å². The number of hydrogen-bond acceptors (Lipinski definition) is 4. The van der Waals surface area contributed by atoms with Crippen molar-refractivity contribution in [1.82, 2.24) is 0 Å². The number of carbonyl (C=O) groups is 2. The molecule has 0 aromatic heterocycles. The molecule has 0 fully saturated rings. The Morgan fingerprint density at radius 2 is 1.55 bits per heavy atom. The topological polar surface area (TPSA) is 80.3 Å². The van der Waals surface area contributed by atoms with Gasteiger partial charge in [-0.1, -0.05) is 6.58 Å². The SMILES string of the molecule is C=C(CC(=O)[O-])C(=O)[O-].[K+].[K+]. The van der Waals surface area contributed by atoms with Gasteiger partial charge < -0.3 is 19.8 Å². The summed E-state index contributed by atoms with van der Waals surface area (Å²) >= 11 is 0. The van der Waals surface area contributed by atoms with Gasteiger partial charge in [-0.05, 0) is 5.57 Å². The summed E-state index contributed by atoms with van der Waals surface area (Å²) in [5, 5.41) is 19.4. The second-order valence-corrected chi connectivity index (χ2v) is 1.44. The zero-order chi connectivity index (χ0) is 7.44. The Kier molecular flexibility index (Phi) is 17.0. The number of carboxylic acid groups (broad SMARTS) is 2. The van der Waals surface area contributed by atoms with E-state index in [9.17, 15) is 19.8 Å². The van der Waals surface area contributed by atoms with E-state index in [0.717, 1.165) is 0 Å². The molecule has 0 heterocycles. The van der Waals surface area contributed by atoms with Crippen LogP contribution in [0.1, 0.15) is 6.42 Å². The molecule has 0 bridgehead atoms. The molecule has 0 rings (SSSR count). The Balaban J connectivity index is -0.000000320. The molecule has 0 aliphatic rings. The molecule has 0 aliphatic carbocycles. The molecule has 0 aromatic carbocycles. The molecule has 0 atom stereocenters. The fourth-order valence-electron chi connectivity index (χ4n) is 0.246. The number of hydrogen-bond donors (Lipinski definition) is 0. The van der Waals surface area contributed by atoms with Crippen molar-refractivity contribution < 1.29 is 123 Å². The van der Waals surface area contributed by atoms with Gasteiger partial charge in [0.2, 0.25) is 0 Å². The average molecular weight is 206 g/mol. The van der Waals surface area contributed by atoms with Gasteiger partial charge in [0.25, 0.3) is 0 Å². The van der Waals surface area contributed by atoms with Crippen molar-refractivity contribution in [3.8, 4) is 0 Å². The zero-order valence-electron chi connectivity index (χ0n) is 6.55. The van der Waals surface area contributed by atoms with E-state index >= 15 is 0 Å². The summed E-state index contributed by atoms with van der Waals surface area (Å²) in [6.07, 6.45) is -0.678. The number of rotatable bonds is 3. The second kappa shape index (κ2) is 10.0. The molecule has 50 valence electrons. The van der Waals surface area contributed by atoms with E-state index in [-0.39, 0.29) is 103 Å². The van der Waals surface area contributed by atoms with Crippen LogP contribution in [0.3, 0.4) is 0 Å². The third-order valence-electron chi connectivity index (χ3n) is 0.646. The molecule has 0 N–H and O–H groups in total. The molecule has 11 heavy (non-hydrogen) atoms. The molecular weight excluding hydrogens is 202 g/mol. The summed E-state index contributed by atoms with van der Waals surface area (Å²) in [4.78, 5) is 19.4. The van der Waals surface area contributed by atoms with Gasteiger partial charge in [-0.15, -0.1) is 0 Å². The molecule has 0 radical (unpaired) electrons. The van der Waals surface area contributed by atoms with Crippen LogP contribution < -0.4 is 113 Å². The molecule has 0 unspecified atom stereocenters. The summed E-state index contributed by atoms with van der Waals surface area (Å²) in [7, 11) is 0. The van der Waals surface area contributed by atoms with Crippen LogP contribution in [0, 0.1) is 0 Å². The Morgan fingerprint density at radius 3 is 1.64 bits per heavy atom. The van der Waals surface area contributed by atoms with Gasteiger partial charge in [-0.25, -0.2) is 0 Å². The fraction of sp³-hybridized carbons (Fsp3) is 0.200. The van der Waals surface area contributed by atoms with Crippen LogP contribution in [-0.4, -0.2) is 11.9 Å². The summed E-state index contributed by atoms with van der Waals surface area (Å²) in [6, 6.07) is 0. The molecule has 0 spiro atoms. The summed E-state index contributed by atoms with van der Waals surface area (Å²) in [5.74, 6) is -3.02. The normalized spacial score (nSPS) is 6.91. The minimum absolute atomic E-state index is 0. The third kappa shape index (κ3) is 12.0. The number of carboxylic acids is 2. The summed E-state index contributed by atoms with van der Waals surface area (Å²) in [6.45, 7) is 2.91. The third-order valence-corrected chi connectivity index (χ3v) is 0.646. The molecule has 0 saturated heterocycles. The van der Waals surface area contributed by atoms with Crippen LogP contribution in [-0.2, 0) is 9.59 Å². The second-order valence-electron chi connectivity index (χ2n) is 1.44. The smallest absolute Gasteiger partial charge is 0.550 e. The molecule has 0 aromatic rings. The van der Waals surface area contributed by atoms with Gasteiger partial charge in [0.15, 0.2) is 0 Å². The van der Waals surface area contributed by atoms with Gasteiger partial charge in [0.1, 0.15) is 0 Å². The first-order valence-electron chi connectivity index (χ1n) is 2.13. The maximum Gasteiger partial charge on any atom is 1.00 e. The van der Waals surface area contributed by atoms with Crippen LogP contribution in [0.5, 0.6) is 0 Å². The van der Waals surface area contributed by atoms with E-state index in [1.54, 1.807) is 0 Å². The maximum absolute atomic E-state index is 9.73. The number of carbonyl (C=O) groups excluding carboxylic acids is 2. The predicted octanol–water partition coefficient (Wildman–Crippen LogP) is -8.56. The van der Waals surface area contributed by atoms with Crippen LogP contribution in [0.2, 0.25) is 0 Å².